The zero-order chi connectivity index (χ0) is 19.3. The van der Waals surface area contributed by atoms with Crippen LogP contribution in [0.5, 0.6) is 0 Å². The molecule has 1 N–H and O–H groups in total. The van der Waals surface area contributed by atoms with Crippen molar-refractivity contribution in [2.45, 2.75) is 49.8 Å². The lowest BCUT2D eigenvalue weighted by atomic mass is 9.96. The highest BCUT2D eigenvalue weighted by molar-refractivity contribution is 8.14. The molecule has 0 aromatic carbocycles. The predicted octanol–water partition coefficient (Wildman–Crippen LogP) is 2.04. The highest BCUT2D eigenvalue weighted by Gasteiger charge is 2.32. The quantitative estimate of drug-likeness (QED) is 0.835. The number of piperazine rings is 1. The van der Waals surface area contributed by atoms with Crippen molar-refractivity contribution in [2.24, 2.45) is 4.99 Å². The molecule has 2 fully saturated rings. The molecule has 1 saturated carbocycles. The lowest BCUT2D eigenvalue weighted by molar-refractivity contribution is -0.133. The number of nitrogens with one attached hydrogen (secondary N) is 1. The molecule has 0 bridgehead atoms. The van der Waals surface area contributed by atoms with Gasteiger partial charge in [0, 0.05) is 50.5 Å². The molecule has 0 spiro atoms. The fraction of sp³-hybridized carbons (Fsp3) is 0.600. The number of thioether (sulfide) groups is 1. The fourth-order valence-electron chi connectivity index (χ4n) is 4.03. The maximum atomic E-state index is 12.5. The van der Waals surface area contributed by atoms with E-state index < -0.39 is 0 Å². The van der Waals surface area contributed by atoms with Crippen LogP contribution in [0, 0.1) is 0 Å². The van der Waals surface area contributed by atoms with Gasteiger partial charge in [0.1, 0.15) is 5.82 Å². The van der Waals surface area contributed by atoms with Gasteiger partial charge in [-0.1, -0.05) is 30.7 Å². The molecule has 28 heavy (non-hydrogen) atoms. The van der Waals surface area contributed by atoms with Crippen molar-refractivity contribution in [3.05, 3.63) is 24.4 Å². The van der Waals surface area contributed by atoms with E-state index in [9.17, 15) is 9.59 Å². The number of aliphatic imine (C=N–C) groups is 1. The Morgan fingerprint density at radius 2 is 1.93 bits per heavy atom. The third-order valence-electron chi connectivity index (χ3n) is 5.63. The Labute approximate surface area is 170 Å². The topological polar surface area (TPSA) is 77.9 Å². The third kappa shape index (κ3) is 4.66. The van der Waals surface area contributed by atoms with E-state index >= 15 is 0 Å². The van der Waals surface area contributed by atoms with Crippen molar-refractivity contribution in [1.29, 1.82) is 0 Å². The minimum atomic E-state index is -0.106. The first-order valence-corrected chi connectivity index (χ1v) is 11.0. The minimum Gasteiger partial charge on any atom is -0.353 e. The number of amidine groups is 1. The molecule has 1 aromatic heterocycles. The number of hydrogen-bond acceptors (Lipinski definition) is 6. The maximum Gasteiger partial charge on any atom is 0.226 e. The lowest BCUT2D eigenvalue weighted by Gasteiger charge is -2.35. The third-order valence-corrected chi connectivity index (χ3v) is 6.92. The highest BCUT2D eigenvalue weighted by atomic mass is 32.2. The number of carbonyl (C=O) groups is 2. The number of hydrogen-bond donors (Lipinski definition) is 1. The molecule has 2 aliphatic heterocycles. The van der Waals surface area contributed by atoms with Gasteiger partial charge in [-0.15, -0.1) is 0 Å². The molecule has 2 unspecified atom stereocenters. The highest BCUT2D eigenvalue weighted by Crippen LogP contribution is 2.36. The Balaban J connectivity index is 1.18. The second kappa shape index (κ2) is 8.94. The van der Waals surface area contributed by atoms with Crippen LogP contribution in [0.25, 0.3) is 0 Å². The predicted molar refractivity (Wildman–Crippen MR) is 111 cm³/mol. The van der Waals surface area contributed by atoms with Gasteiger partial charge in [-0.3, -0.25) is 14.6 Å². The summed E-state index contributed by atoms with van der Waals surface area (Å²) in [5.74, 6) is 0.889. The first-order valence-electron chi connectivity index (χ1n) is 10.2. The number of amides is 2. The summed E-state index contributed by atoms with van der Waals surface area (Å²) in [7, 11) is 0. The summed E-state index contributed by atoms with van der Waals surface area (Å²) >= 11 is 1.69. The van der Waals surface area contributed by atoms with Crippen LogP contribution in [0.3, 0.4) is 0 Å². The molecule has 2 amide bonds. The first kappa shape index (κ1) is 19.2. The van der Waals surface area contributed by atoms with E-state index in [4.69, 9.17) is 0 Å². The average Bonchev–Trinajstić information content (AvgIpc) is 3.15. The summed E-state index contributed by atoms with van der Waals surface area (Å²) < 4.78 is 0. The van der Waals surface area contributed by atoms with Gasteiger partial charge in [-0.05, 0) is 25.0 Å². The molecular formula is C20H27N5O2S. The SMILES string of the molecule is O=C(CCC(=O)N1CCN(c2ccccn2)CC1)NC1=NC2CCCCC2S1. The number of fused-ring (bicyclic) bond motifs is 1. The van der Waals surface area contributed by atoms with E-state index in [1.165, 1.54) is 19.3 Å². The van der Waals surface area contributed by atoms with Gasteiger partial charge >= 0.3 is 0 Å². The van der Waals surface area contributed by atoms with Gasteiger partial charge in [-0.25, -0.2) is 4.98 Å². The van der Waals surface area contributed by atoms with E-state index in [0.29, 0.717) is 24.4 Å². The van der Waals surface area contributed by atoms with Gasteiger partial charge in [0.25, 0.3) is 0 Å². The minimum absolute atomic E-state index is 0.0468. The molecule has 1 aliphatic carbocycles. The summed E-state index contributed by atoms with van der Waals surface area (Å²) in [6, 6.07) is 6.23. The number of rotatable bonds is 4. The van der Waals surface area contributed by atoms with Crippen molar-refractivity contribution in [1.82, 2.24) is 15.2 Å². The maximum absolute atomic E-state index is 12.5. The fourth-order valence-corrected chi connectivity index (χ4v) is 5.33. The standard InChI is InChI=1S/C20H27N5O2S/c26-18(23-20-22-15-5-1-2-6-16(15)28-20)8-9-19(27)25-13-11-24(12-14-25)17-7-3-4-10-21-17/h3-4,7,10,15-16H,1-2,5-6,8-9,11-14H2,(H,22,23,26). The molecule has 3 heterocycles. The Morgan fingerprint density at radius 3 is 2.68 bits per heavy atom. The zero-order valence-electron chi connectivity index (χ0n) is 16.0. The number of anilines is 1. The molecule has 0 radical (unpaired) electrons. The number of nitrogens with zero attached hydrogens (tertiary/aromatic N) is 4. The second-order valence-corrected chi connectivity index (χ2v) is 8.77. The van der Waals surface area contributed by atoms with Crippen LogP contribution in [0.4, 0.5) is 5.82 Å². The molecule has 7 nitrogen and oxygen atoms in total. The van der Waals surface area contributed by atoms with Crippen LogP contribution in [0.1, 0.15) is 38.5 Å². The summed E-state index contributed by atoms with van der Waals surface area (Å²) in [5.41, 5.74) is 0. The molecule has 8 heteroatoms. The van der Waals surface area contributed by atoms with Crippen LogP contribution in [0.2, 0.25) is 0 Å². The van der Waals surface area contributed by atoms with Crippen LogP contribution in [0.15, 0.2) is 29.4 Å². The van der Waals surface area contributed by atoms with Gasteiger partial charge in [0.2, 0.25) is 11.8 Å². The monoisotopic (exact) mass is 401 g/mol. The first-order chi connectivity index (χ1) is 13.7. The van der Waals surface area contributed by atoms with Gasteiger partial charge < -0.3 is 15.1 Å². The Morgan fingerprint density at radius 1 is 1.11 bits per heavy atom. The lowest BCUT2D eigenvalue weighted by Crippen LogP contribution is -2.49. The summed E-state index contributed by atoms with van der Waals surface area (Å²) in [4.78, 5) is 37.7. The molecule has 150 valence electrons. The van der Waals surface area contributed by atoms with Crippen LogP contribution in [-0.4, -0.2) is 64.3 Å². The average molecular weight is 402 g/mol. The Hall–Kier alpha value is -2.09. The van der Waals surface area contributed by atoms with Crippen molar-refractivity contribution in [3.8, 4) is 0 Å². The van der Waals surface area contributed by atoms with Gasteiger partial charge in [0.15, 0.2) is 5.17 Å². The summed E-state index contributed by atoms with van der Waals surface area (Å²) in [5, 5.41) is 4.19. The van der Waals surface area contributed by atoms with E-state index in [2.05, 4.69) is 20.2 Å². The number of aromatic nitrogens is 1. The molecule has 2 atom stereocenters. The van der Waals surface area contributed by atoms with E-state index in [1.54, 1.807) is 18.0 Å². The molecular weight excluding hydrogens is 374 g/mol. The normalized spacial score (nSPS) is 24.5. The van der Waals surface area contributed by atoms with E-state index in [-0.39, 0.29) is 24.7 Å². The number of carbonyl (C=O) groups excluding carboxylic acids is 2. The summed E-state index contributed by atoms with van der Waals surface area (Å²) in [6.07, 6.45) is 7.05. The Kier molecular flexibility index (Phi) is 6.14. The zero-order valence-corrected chi connectivity index (χ0v) is 16.9. The largest absolute Gasteiger partial charge is 0.353 e. The molecule has 3 aliphatic rings. The molecule has 1 aromatic rings. The molecule has 4 rings (SSSR count). The van der Waals surface area contributed by atoms with E-state index in [1.807, 2.05) is 23.1 Å². The summed E-state index contributed by atoms with van der Waals surface area (Å²) in [6.45, 7) is 2.88. The van der Waals surface area contributed by atoms with E-state index in [0.717, 1.165) is 30.5 Å². The molecule has 1 saturated heterocycles. The van der Waals surface area contributed by atoms with Crippen LogP contribution < -0.4 is 10.2 Å². The van der Waals surface area contributed by atoms with Crippen molar-refractivity contribution < 1.29 is 9.59 Å². The smallest absolute Gasteiger partial charge is 0.226 e. The van der Waals surface area contributed by atoms with Gasteiger partial charge in [0.05, 0.1) is 6.04 Å². The van der Waals surface area contributed by atoms with Crippen molar-refractivity contribution in [3.63, 3.8) is 0 Å². The van der Waals surface area contributed by atoms with Crippen molar-refractivity contribution in [2.75, 3.05) is 31.1 Å². The van der Waals surface area contributed by atoms with Crippen molar-refractivity contribution >= 4 is 34.6 Å². The number of pyridine rings is 1. The van der Waals surface area contributed by atoms with Gasteiger partial charge in [-0.2, -0.15) is 0 Å². The van der Waals surface area contributed by atoms with Crippen LogP contribution in [-0.2, 0) is 9.59 Å². The van der Waals surface area contributed by atoms with Crippen LogP contribution >= 0.6 is 11.8 Å². The second-order valence-electron chi connectivity index (χ2n) is 7.55. The Bertz CT molecular complexity index is 733.